The first kappa shape index (κ1) is 18.3. The van der Waals surface area contributed by atoms with Gasteiger partial charge in [-0.15, -0.1) is 0 Å². The number of imidazole rings is 1. The third-order valence-corrected chi connectivity index (χ3v) is 3.45. The van der Waals surface area contributed by atoms with E-state index in [1.807, 2.05) is 30.3 Å². The Hall–Kier alpha value is -0.994. The van der Waals surface area contributed by atoms with Gasteiger partial charge in [0.25, 0.3) is 0 Å². The Morgan fingerprint density at radius 2 is 1.87 bits per heavy atom. The van der Waals surface area contributed by atoms with Crippen LogP contribution < -0.4 is 67.6 Å². The molecule has 0 atom stereocenters. The zero-order valence-corrected chi connectivity index (χ0v) is 16.7. The molecule has 2 heterocycles. The summed E-state index contributed by atoms with van der Waals surface area (Å²) >= 11 is 0. The van der Waals surface area contributed by atoms with E-state index >= 15 is 0 Å². The summed E-state index contributed by atoms with van der Waals surface area (Å²) in [6.07, 6.45) is 1.61. The van der Waals surface area contributed by atoms with E-state index in [1.54, 1.807) is 10.9 Å². The molecule has 23 heavy (non-hydrogen) atoms. The average Bonchev–Trinajstić information content (AvgIpc) is 2.88. The van der Waals surface area contributed by atoms with E-state index in [2.05, 4.69) is 23.8 Å². The molecule has 0 bridgehead atoms. The van der Waals surface area contributed by atoms with Gasteiger partial charge in [0.2, 0.25) is 0 Å². The van der Waals surface area contributed by atoms with Crippen molar-refractivity contribution in [3.63, 3.8) is 0 Å². The van der Waals surface area contributed by atoms with Crippen LogP contribution >= 0.6 is 0 Å². The Balaban J connectivity index is 0.00000192. The molecule has 0 amide bonds. The maximum Gasteiger partial charge on any atom is 1.00 e. The number of hydrogen-bond acceptors (Lipinski definition) is 3. The summed E-state index contributed by atoms with van der Waals surface area (Å²) in [6.45, 7) is 5.13. The van der Waals surface area contributed by atoms with Crippen molar-refractivity contribution in [3.05, 3.63) is 63.1 Å². The smallest absolute Gasteiger partial charge is 0.389 e. The second-order valence-electron chi connectivity index (χ2n) is 5.73. The summed E-state index contributed by atoms with van der Waals surface area (Å²) in [5, 5.41) is 0. The van der Waals surface area contributed by atoms with Crippen LogP contribution in [0, 0.1) is 5.92 Å². The van der Waals surface area contributed by atoms with Gasteiger partial charge in [-0.05, 0) is 18.0 Å². The molecule has 0 aliphatic heterocycles. The molecule has 7 heteroatoms. The zero-order chi connectivity index (χ0) is 15.7. The van der Waals surface area contributed by atoms with Gasteiger partial charge in [0, 0.05) is 6.54 Å². The molecule has 0 saturated carbocycles. The number of aromatic nitrogens is 4. The second kappa shape index (κ2) is 7.72. The molecule has 2 aromatic heterocycles. The summed E-state index contributed by atoms with van der Waals surface area (Å²) in [6, 6.07) is 9.58. The fourth-order valence-corrected chi connectivity index (χ4v) is 2.52. The summed E-state index contributed by atoms with van der Waals surface area (Å²) in [4.78, 5) is 32.1. The fraction of sp³-hybridized carbons (Fsp3) is 0.312. The molecular weight excluding hydrogens is 319 g/mol. The Labute approximate surface area is 176 Å². The van der Waals surface area contributed by atoms with Crippen molar-refractivity contribution in [1.29, 1.82) is 0 Å². The number of benzene rings is 1. The summed E-state index contributed by atoms with van der Waals surface area (Å²) in [5.74, 6) is 0.367. The van der Waals surface area contributed by atoms with Crippen molar-refractivity contribution < 1.29 is 51.4 Å². The predicted octanol–water partition coefficient (Wildman–Crippen LogP) is -1.78. The van der Waals surface area contributed by atoms with Gasteiger partial charge in [0.15, 0.2) is 11.2 Å². The maximum absolute atomic E-state index is 12.1. The van der Waals surface area contributed by atoms with E-state index < -0.39 is 11.2 Å². The third-order valence-electron chi connectivity index (χ3n) is 3.45. The van der Waals surface area contributed by atoms with E-state index in [-0.39, 0.29) is 51.4 Å². The van der Waals surface area contributed by atoms with Crippen molar-refractivity contribution in [3.8, 4) is 0 Å². The number of rotatable bonds is 4. The van der Waals surface area contributed by atoms with Crippen molar-refractivity contribution >= 4 is 11.2 Å². The van der Waals surface area contributed by atoms with Crippen LogP contribution in [-0.4, -0.2) is 14.1 Å². The zero-order valence-electron chi connectivity index (χ0n) is 13.6. The first-order chi connectivity index (χ1) is 10.6. The van der Waals surface area contributed by atoms with Crippen LogP contribution in [0.1, 0.15) is 19.4 Å². The molecule has 6 nitrogen and oxygen atoms in total. The molecule has 0 unspecified atom stereocenters. The van der Waals surface area contributed by atoms with Crippen LogP contribution in [0.25, 0.3) is 11.2 Å². The molecule has 0 radical (unpaired) electrons. The topological polar surface area (TPSA) is 71.0 Å². The summed E-state index contributed by atoms with van der Waals surface area (Å²) < 4.78 is 3.22. The first-order valence-corrected chi connectivity index (χ1v) is 7.23. The van der Waals surface area contributed by atoms with Crippen LogP contribution in [0.2, 0.25) is 0 Å². The Morgan fingerprint density at radius 3 is 2.52 bits per heavy atom. The third kappa shape index (κ3) is 3.92. The molecule has 114 valence electrons. The van der Waals surface area contributed by atoms with Gasteiger partial charge in [-0.25, -0.2) is 4.98 Å². The number of hydrogen-bond donors (Lipinski definition) is 0. The van der Waals surface area contributed by atoms with Crippen molar-refractivity contribution in [2.75, 3.05) is 0 Å². The SMILES string of the molecule is CC(C)Cn1cnc2c1c(=O)[n-]c(=O)n2Cc1ccccc1.[K+]. The van der Waals surface area contributed by atoms with Gasteiger partial charge < -0.3 is 14.1 Å². The quantitative estimate of drug-likeness (QED) is 0.529. The largest absolute Gasteiger partial charge is 1.00 e. The minimum atomic E-state index is -0.559. The van der Waals surface area contributed by atoms with Crippen LogP contribution in [-0.2, 0) is 13.1 Å². The van der Waals surface area contributed by atoms with E-state index in [4.69, 9.17) is 0 Å². The van der Waals surface area contributed by atoms with Gasteiger partial charge in [-0.1, -0.05) is 44.2 Å². The molecule has 0 fully saturated rings. The Bertz CT molecular complexity index is 909. The standard InChI is InChI=1S/C16H18N4O2.K/c1-11(2)8-19-10-17-14-13(19)15(21)18-16(22)20(14)9-12-6-4-3-5-7-12;/h3-7,10-11H,8-9H2,1-2H3,(H,18,21,22);/q;+1/p-1. The molecule has 0 spiro atoms. The molecular formula is C16H17KN4O2. The van der Waals surface area contributed by atoms with E-state index in [9.17, 15) is 9.59 Å². The average molecular weight is 336 g/mol. The molecule has 0 aliphatic rings. The molecule has 0 saturated heterocycles. The van der Waals surface area contributed by atoms with Crippen molar-refractivity contribution in [1.82, 2.24) is 19.1 Å². The summed E-state index contributed by atoms with van der Waals surface area (Å²) in [5.41, 5.74) is 0.683. The predicted molar refractivity (Wildman–Crippen MR) is 84.0 cm³/mol. The second-order valence-corrected chi connectivity index (χ2v) is 5.73. The van der Waals surface area contributed by atoms with Crippen LogP contribution in [0.5, 0.6) is 0 Å². The van der Waals surface area contributed by atoms with Gasteiger partial charge in [0.05, 0.1) is 12.0 Å². The van der Waals surface area contributed by atoms with Gasteiger partial charge in [-0.3, -0.25) is 9.59 Å². The number of nitrogens with zero attached hydrogens (tertiary/aromatic N) is 4. The van der Waals surface area contributed by atoms with E-state index in [1.165, 1.54) is 4.57 Å². The normalized spacial score (nSPS) is 10.9. The number of fused-ring (bicyclic) bond motifs is 1. The minimum Gasteiger partial charge on any atom is -0.389 e. The van der Waals surface area contributed by atoms with Crippen molar-refractivity contribution in [2.24, 2.45) is 5.92 Å². The Morgan fingerprint density at radius 1 is 1.17 bits per heavy atom. The maximum atomic E-state index is 12.1. The van der Waals surface area contributed by atoms with E-state index in [0.29, 0.717) is 30.2 Å². The van der Waals surface area contributed by atoms with Gasteiger partial charge in [0.1, 0.15) is 5.52 Å². The molecule has 3 aromatic rings. The Kier molecular flexibility index (Phi) is 6.16. The van der Waals surface area contributed by atoms with Gasteiger partial charge >= 0.3 is 51.4 Å². The van der Waals surface area contributed by atoms with Crippen LogP contribution in [0.3, 0.4) is 0 Å². The van der Waals surface area contributed by atoms with Gasteiger partial charge in [-0.2, -0.15) is 0 Å². The van der Waals surface area contributed by atoms with Crippen molar-refractivity contribution in [2.45, 2.75) is 26.9 Å². The van der Waals surface area contributed by atoms with Crippen LogP contribution in [0.15, 0.2) is 46.2 Å². The first-order valence-electron chi connectivity index (χ1n) is 7.23. The van der Waals surface area contributed by atoms with E-state index in [0.717, 1.165) is 5.56 Å². The minimum absolute atomic E-state index is 0. The molecule has 0 N–H and O–H groups in total. The molecule has 3 rings (SSSR count). The monoisotopic (exact) mass is 336 g/mol. The summed E-state index contributed by atoms with van der Waals surface area (Å²) in [7, 11) is 0. The fourth-order valence-electron chi connectivity index (χ4n) is 2.52. The molecule has 0 aliphatic carbocycles. The van der Waals surface area contributed by atoms with Crippen LogP contribution in [0.4, 0.5) is 0 Å². The molecule has 1 aromatic carbocycles.